The van der Waals surface area contributed by atoms with Crippen LogP contribution in [0.2, 0.25) is 0 Å². The summed E-state index contributed by atoms with van der Waals surface area (Å²) in [5.41, 5.74) is 0.577. The van der Waals surface area contributed by atoms with Crippen LogP contribution in [0.4, 0.5) is 0 Å². The number of nitrogens with one attached hydrogen (secondary N) is 1. The van der Waals surface area contributed by atoms with E-state index in [4.69, 9.17) is 14.2 Å². The number of aryl methyl sites for hydroxylation is 1. The molecule has 136 valence electrons. The molecular formula is C17H18N4O5. The fourth-order valence-corrected chi connectivity index (χ4v) is 2.89. The number of morpholine rings is 1. The molecule has 3 heterocycles. The Balaban J connectivity index is 1.44. The van der Waals surface area contributed by atoms with Gasteiger partial charge in [-0.15, -0.1) is 10.2 Å². The van der Waals surface area contributed by atoms with Crippen LogP contribution in [-0.2, 0) is 16.0 Å². The zero-order valence-corrected chi connectivity index (χ0v) is 14.1. The van der Waals surface area contributed by atoms with Crippen molar-refractivity contribution in [3.05, 3.63) is 34.2 Å². The summed E-state index contributed by atoms with van der Waals surface area (Å²) < 4.78 is 15.8. The summed E-state index contributed by atoms with van der Waals surface area (Å²) >= 11 is 0. The number of fused-ring (bicyclic) bond motifs is 1. The second-order valence-electron chi connectivity index (χ2n) is 6.01. The van der Waals surface area contributed by atoms with Crippen molar-refractivity contribution >= 4 is 5.91 Å². The van der Waals surface area contributed by atoms with Crippen molar-refractivity contribution in [2.45, 2.75) is 12.8 Å². The summed E-state index contributed by atoms with van der Waals surface area (Å²) in [6.45, 7) is 2.46. The Kier molecular flexibility index (Phi) is 4.53. The second kappa shape index (κ2) is 7.12. The molecule has 9 heteroatoms. The average molecular weight is 358 g/mol. The van der Waals surface area contributed by atoms with Crippen LogP contribution >= 0.6 is 0 Å². The van der Waals surface area contributed by atoms with E-state index in [1.165, 1.54) is 0 Å². The van der Waals surface area contributed by atoms with Gasteiger partial charge in [0.15, 0.2) is 17.3 Å². The van der Waals surface area contributed by atoms with E-state index >= 15 is 0 Å². The third-order valence-corrected chi connectivity index (χ3v) is 4.35. The molecule has 4 rings (SSSR count). The van der Waals surface area contributed by atoms with Crippen molar-refractivity contribution in [3.63, 3.8) is 0 Å². The first kappa shape index (κ1) is 16.5. The highest BCUT2D eigenvalue weighted by atomic mass is 16.7. The number of hydrogen-bond donors (Lipinski definition) is 1. The van der Waals surface area contributed by atoms with Crippen LogP contribution < -0.4 is 15.0 Å². The minimum absolute atomic E-state index is 0.00523. The van der Waals surface area contributed by atoms with E-state index in [1.54, 1.807) is 23.1 Å². The van der Waals surface area contributed by atoms with Gasteiger partial charge in [-0.25, -0.2) is 0 Å². The molecule has 1 N–H and O–H groups in total. The first-order valence-electron chi connectivity index (χ1n) is 8.42. The standard InChI is InChI=1S/C17H18N4O5/c22-15(21-5-7-24-8-6-21)4-2-12-17(23)18-16(20-19-12)11-1-3-13-14(9-11)26-10-25-13/h1,3,9H,2,4-8,10H2,(H,18,20,23). The number of aromatic amines is 1. The SMILES string of the molecule is O=C(CCc1nnc(-c2ccc3c(c2)OCO3)[nH]c1=O)N1CCOCC1. The van der Waals surface area contributed by atoms with Crippen LogP contribution in [0.15, 0.2) is 23.0 Å². The minimum atomic E-state index is -0.345. The van der Waals surface area contributed by atoms with E-state index in [0.717, 1.165) is 0 Å². The Labute approximate surface area is 148 Å². The van der Waals surface area contributed by atoms with Gasteiger partial charge in [-0.05, 0) is 18.2 Å². The number of carbonyl (C=O) groups excluding carboxylic acids is 1. The van der Waals surface area contributed by atoms with E-state index in [-0.39, 0.29) is 36.8 Å². The molecule has 0 saturated carbocycles. The molecule has 0 aliphatic carbocycles. The zero-order valence-electron chi connectivity index (χ0n) is 14.1. The van der Waals surface area contributed by atoms with Crippen molar-refractivity contribution < 1.29 is 19.0 Å². The predicted octanol–water partition coefficient (Wildman–Crippen LogP) is 0.352. The lowest BCUT2D eigenvalue weighted by atomic mass is 10.2. The van der Waals surface area contributed by atoms with Crippen LogP contribution in [0.3, 0.4) is 0 Å². The molecular weight excluding hydrogens is 340 g/mol. The fourth-order valence-electron chi connectivity index (χ4n) is 2.89. The number of hydrogen-bond acceptors (Lipinski definition) is 7. The van der Waals surface area contributed by atoms with Gasteiger partial charge in [-0.3, -0.25) is 9.59 Å². The molecule has 2 aliphatic heterocycles. The average Bonchev–Trinajstić information content (AvgIpc) is 3.15. The fraction of sp³-hybridized carbons (Fsp3) is 0.412. The van der Waals surface area contributed by atoms with Crippen molar-refractivity contribution in [1.82, 2.24) is 20.1 Å². The Bertz CT molecular complexity index is 876. The summed E-state index contributed by atoms with van der Waals surface area (Å²) in [4.78, 5) is 28.9. The minimum Gasteiger partial charge on any atom is -0.454 e. The lowest BCUT2D eigenvalue weighted by Gasteiger charge is -2.26. The number of nitrogens with zero attached hydrogens (tertiary/aromatic N) is 3. The topological polar surface area (TPSA) is 107 Å². The molecule has 1 aromatic carbocycles. The Morgan fingerprint density at radius 3 is 2.77 bits per heavy atom. The van der Waals surface area contributed by atoms with Gasteiger partial charge in [-0.1, -0.05) is 0 Å². The molecule has 1 saturated heterocycles. The third kappa shape index (κ3) is 3.38. The number of aromatic nitrogens is 3. The van der Waals surface area contributed by atoms with Crippen LogP contribution in [0, 0.1) is 0 Å². The molecule has 2 aromatic rings. The van der Waals surface area contributed by atoms with E-state index in [9.17, 15) is 9.59 Å². The van der Waals surface area contributed by atoms with Crippen molar-refractivity contribution in [3.8, 4) is 22.9 Å². The van der Waals surface area contributed by atoms with Crippen molar-refractivity contribution in [2.75, 3.05) is 33.1 Å². The van der Waals surface area contributed by atoms with Crippen LogP contribution in [0.5, 0.6) is 11.5 Å². The molecule has 0 unspecified atom stereocenters. The first-order valence-corrected chi connectivity index (χ1v) is 8.42. The quantitative estimate of drug-likeness (QED) is 0.840. The molecule has 0 radical (unpaired) electrons. The highest BCUT2D eigenvalue weighted by Crippen LogP contribution is 2.34. The van der Waals surface area contributed by atoms with Crippen LogP contribution in [0.25, 0.3) is 11.4 Å². The van der Waals surface area contributed by atoms with Gasteiger partial charge in [0.1, 0.15) is 5.69 Å². The summed E-state index contributed by atoms with van der Waals surface area (Å²) in [6, 6.07) is 5.27. The summed E-state index contributed by atoms with van der Waals surface area (Å²) in [5.74, 6) is 1.60. The van der Waals surface area contributed by atoms with Gasteiger partial charge in [0, 0.05) is 31.5 Å². The lowest BCUT2D eigenvalue weighted by Crippen LogP contribution is -2.41. The number of rotatable bonds is 4. The van der Waals surface area contributed by atoms with Gasteiger partial charge >= 0.3 is 0 Å². The lowest BCUT2D eigenvalue weighted by molar-refractivity contribution is -0.135. The monoisotopic (exact) mass is 358 g/mol. The molecule has 9 nitrogen and oxygen atoms in total. The maximum absolute atomic E-state index is 12.3. The van der Waals surface area contributed by atoms with E-state index in [1.807, 2.05) is 0 Å². The highest BCUT2D eigenvalue weighted by Gasteiger charge is 2.18. The molecule has 0 atom stereocenters. The molecule has 0 bridgehead atoms. The van der Waals surface area contributed by atoms with Gasteiger partial charge < -0.3 is 24.1 Å². The van der Waals surface area contributed by atoms with Gasteiger partial charge in [0.25, 0.3) is 5.56 Å². The van der Waals surface area contributed by atoms with E-state index in [2.05, 4.69) is 15.2 Å². The summed E-state index contributed by atoms with van der Waals surface area (Å²) in [5, 5.41) is 8.08. The number of H-pyrrole nitrogens is 1. The Morgan fingerprint density at radius 1 is 1.15 bits per heavy atom. The van der Waals surface area contributed by atoms with Crippen molar-refractivity contribution in [2.24, 2.45) is 0 Å². The van der Waals surface area contributed by atoms with E-state index in [0.29, 0.717) is 49.2 Å². The maximum atomic E-state index is 12.3. The molecule has 26 heavy (non-hydrogen) atoms. The molecule has 2 aliphatic rings. The number of benzene rings is 1. The first-order chi connectivity index (χ1) is 12.7. The second-order valence-corrected chi connectivity index (χ2v) is 6.01. The van der Waals surface area contributed by atoms with Crippen LogP contribution in [-0.4, -0.2) is 59.1 Å². The normalized spacial score (nSPS) is 15.9. The smallest absolute Gasteiger partial charge is 0.273 e. The zero-order chi connectivity index (χ0) is 17.9. The predicted molar refractivity (Wildman–Crippen MR) is 89.9 cm³/mol. The van der Waals surface area contributed by atoms with E-state index < -0.39 is 0 Å². The number of carbonyl (C=O) groups is 1. The van der Waals surface area contributed by atoms with Crippen molar-refractivity contribution in [1.29, 1.82) is 0 Å². The van der Waals surface area contributed by atoms with Crippen LogP contribution in [0.1, 0.15) is 12.1 Å². The summed E-state index contributed by atoms with van der Waals surface area (Å²) in [6.07, 6.45) is 0.473. The third-order valence-electron chi connectivity index (χ3n) is 4.35. The highest BCUT2D eigenvalue weighted by molar-refractivity contribution is 5.76. The number of ether oxygens (including phenoxy) is 3. The number of amides is 1. The molecule has 1 fully saturated rings. The molecule has 1 amide bonds. The molecule has 1 aromatic heterocycles. The Morgan fingerprint density at radius 2 is 1.96 bits per heavy atom. The molecule has 0 spiro atoms. The van der Waals surface area contributed by atoms with Gasteiger partial charge in [0.2, 0.25) is 12.7 Å². The summed E-state index contributed by atoms with van der Waals surface area (Å²) in [7, 11) is 0. The Hall–Kier alpha value is -2.94. The maximum Gasteiger partial charge on any atom is 0.273 e. The van der Waals surface area contributed by atoms with Gasteiger partial charge in [0.05, 0.1) is 13.2 Å². The largest absolute Gasteiger partial charge is 0.454 e. The van der Waals surface area contributed by atoms with Gasteiger partial charge in [-0.2, -0.15) is 0 Å².